The van der Waals surface area contributed by atoms with Crippen LogP contribution in [-0.2, 0) is 19.1 Å². The molecule has 4 nitrogen and oxygen atoms in total. The molecule has 0 radical (unpaired) electrons. The van der Waals surface area contributed by atoms with Crippen LogP contribution in [0.1, 0.15) is 40.0 Å². The average molecular weight is 246 g/mol. The molecule has 2 aliphatic carbocycles. The summed E-state index contributed by atoms with van der Waals surface area (Å²) >= 11 is 0. The first-order valence-electron chi connectivity index (χ1n) is 5.72. The predicted octanol–water partition coefficient (Wildman–Crippen LogP) is 1.50. The summed E-state index contributed by atoms with van der Waals surface area (Å²) in [4.78, 5) is 12.3. The van der Waals surface area contributed by atoms with E-state index >= 15 is 0 Å². The summed E-state index contributed by atoms with van der Waals surface area (Å²) in [6.45, 7) is 5.43. The van der Waals surface area contributed by atoms with Crippen LogP contribution in [0, 0.1) is 11.3 Å². The molecule has 92 valence electrons. The molecule has 0 unspecified atom stereocenters. The van der Waals surface area contributed by atoms with Gasteiger partial charge in [-0.15, -0.1) is 0 Å². The molecular formula is C11H18O4S. The third-order valence-electron chi connectivity index (χ3n) is 4.24. The molecule has 0 heterocycles. The summed E-state index contributed by atoms with van der Waals surface area (Å²) in [5, 5.41) is 0. The third kappa shape index (κ3) is 1.24. The van der Waals surface area contributed by atoms with Crippen LogP contribution in [0.3, 0.4) is 0 Å². The van der Waals surface area contributed by atoms with E-state index in [-0.39, 0.29) is 18.3 Å². The minimum Gasteiger partial charge on any atom is -0.297 e. The predicted molar refractivity (Wildman–Crippen MR) is 59.4 cm³/mol. The zero-order valence-electron chi connectivity index (χ0n) is 9.95. The highest BCUT2D eigenvalue weighted by Crippen LogP contribution is 2.58. The molecule has 2 fully saturated rings. The summed E-state index contributed by atoms with van der Waals surface area (Å²) in [5.74, 6) is 0.0416. The van der Waals surface area contributed by atoms with E-state index in [1.807, 2.05) is 13.8 Å². The van der Waals surface area contributed by atoms with Gasteiger partial charge in [0.1, 0.15) is 0 Å². The van der Waals surface area contributed by atoms with Crippen molar-refractivity contribution >= 4 is 15.9 Å². The monoisotopic (exact) mass is 246 g/mol. The zero-order valence-corrected chi connectivity index (χ0v) is 10.8. The van der Waals surface area contributed by atoms with Crippen LogP contribution in [0.25, 0.3) is 0 Å². The van der Waals surface area contributed by atoms with Crippen LogP contribution < -0.4 is 0 Å². The van der Waals surface area contributed by atoms with Crippen molar-refractivity contribution < 1.29 is 17.4 Å². The van der Waals surface area contributed by atoms with Gasteiger partial charge in [0.2, 0.25) is 0 Å². The van der Waals surface area contributed by atoms with Crippen molar-refractivity contribution in [1.29, 1.82) is 0 Å². The van der Waals surface area contributed by atoms with Gasteiger partial charge in [-0.05, 0) is 32.1 Å². The number of fused-ring (bicyclic) bond motifs is 2. The second-order valence-electron chi connectivity index (χ2n) is 5.35. The Kier molecular flexibility index (Phi) is 2.48. The molecule has 0 N–H and O–H groups in total. The Morgan fingerprint density at radius 3 is 2.50 bits per heavy atom. The van der Waals surface area contributed by atoms with Crippen LogP contribution in [-0.4, -0.2) is 25.6 Å². The lowest BCUT2D eigenvalue weighted by atomic mass is 9.75. The normalized spacial score (nSPS) is 36.9. The number of carbonyl (C=O) groups excluding carboxylic acids is 1. The lowest BCUT2D eigenvalue weighted by Crippen LogP contribution is -2.48. The minimum absolute atomic E-state index is 0.0997. The van der Waals surface area contributed by atoms with E-state index in [9.17, 15) is 13.2 Å². The van der Waals surface area contributed by atoms with Crippen molar-refractivity contribution in [2.24, 2.45) is 11.3 Å². The van der Waals surface area contributed by atoms with E-state index in [0.717, 1.165) is 6.42 Å². The molecular weight excluding hydrogens is 228 g/mol. The van der Waals surface area contributed by atoms with Crippen LogP contribution in [0.4, 0.5) is 0 Å². The quantitative estimate of drug-likeness (QED) is 0.708. The van der Waals surface area contributed by atoms with Gasteiger partial charge in [-0.1, -0.05) is 13.8 Å². The maximum atomic E-state index is 12.3. The molecule has 0 aliphatic heterocycles. The topological polar surface area (TPSA) is 60.4 Å². The van der Waals surface area contributed by atoms with Gasteiger partial charge in [0.15, 0.2) is 10.5 Å². The van der Waals surface area contributed by atoms with Crippen molar-refractivity contribution in [2.75, 3.05) is 6.61 Å². The van der Waals surface area contributed by atoms with Gasteiger partial charge in [-0.2, -0.15) is 8.42 Å². The van der Waals surface area contributed by atoms with E-state index < -0.39 is 20.3 Å². The number of hydrogen-bond donors (Lipinski definition) is 0. The molecule has 0 aromatic heterocycles. The molecule has 2 rings (SSSR count). The van der Waals surface area contributed by atoms with Gasteiger partial charge < -0.3 is 0 Å². The van der Waals surface area contributed by atoms with E-state index in [0.29, 0.717) is 12.8 Å². The highest BCUT2D eigenvalue weighted by molar-refractivity contribution is 7.89. The second-order valence-corrected chi connectivity index (χ2v) is 7.27. The lowest BCUT2D eigenvalue weighted by molar-refractivity contribution is -0.129. The second kappa shape index (κ2) is 3.29. The summed E-state index contributed by atoms with van der Waals surface area (Å²) < 4.78 is 27.7. The first kappa shape index (κ1) is 12.0. The minimum atomic E-state index is -3.75. The number of Topliss-reactive ketones (excluding diaryl/α,β-unsaturated/α-hetero) is 1. The molecule has 2 bridgehead atoms. The summed E-state index contributed by atoms with van der Waals surface area (Å²) in [6.07, 6.45) is 1.69. The van der Waals surface area contributed by atoms with Crippen molar-refractivity contribution in [2.45, 2.75) is 44.8 Å². The van der Waals surface area contributed by atoms with E-state index in [4.69, 9.17) is 4.18 Å². The van der Waals surface area contributed by atoms with Gasteiger partial charge in [0, 0.05) is 5.41 Å². The highest BCUT2D eigenvalue weighted by Gasteiger charge is 2.68. The van der Waals surface area contributed by atoms with E-state index in [2.05, 4.69) is 0 Å². The number of rotatable bonds is 3. The van der Waals surface area contributed by atoms with Crippen molar-refractivity contribution in [3.63, 3.8) is 0 Å². The molecule has 16 heavy (non-hydrogen) atoms. The van der Waals surface area contributed by atoms with E-state index in [1.165, 1.54) is 0 Å². The maximum Gasteiger partial charge on any atom is 0.280 e. The Bertz CT molecular complexity index is 423. The summed E-state index contributed by atoms with van der Waals surface area (Å²) in [6, 6.07) is 0. The Balaban J connectivity index is 2.46. The molecule has 0 amide bonds. The Morgan fingerprint density at radius 2 is 2.06 bits per heavy atom. The zero-order chi connectivity index (χ0) is 12.2. The largest absolute Gasteiger partial charge is 0.297 e. The van der Waals surface area contributed by atoms with Crippen LogP contribution in [0.2, 0.25) is 0 Å². The van der Waals surface area contributed by atoms with Crippen molar-refractivity contribution in [1.82, 2.24) is 0 Å². The maximum absolute atomic E-state index is 12.3. The fraction of sp³-hybridized carbons (Fsp3) is 0.909. The molecule has 2 saturated carbocycles. The van der Waals surface area contributed by atoms with Gasteiger partial charge in [0.25, 0.3) is 10.1 Å². The number of hydrogen-bond acceptors (Lipinski definition) is 4. The Morgan fingerprint density at radius 1 is 1.44 bits per heavy atom. The molecule has 0 aromatic rings. The van der Waals surface area contributed by atoms with Crippen molar-refractivity contribution in [3.05, 3.63) is 0 Å². The number of carbonyl (C=O) groups is 1. The standard InChI is InChI=1S/C11H18O4S/c1-4-15-16(13,14)11-6-5-8(7-11)10(2,3)9(11)12/h8H,4-7H2,1-3H3/t8-,11-/m1/s1. The molecule has 0 saturated heterocycles. The van der Waals surface area contributed by atoms with Crippen LogP contribution in [0.5, 0.6) is 0 Å². The lowest BCUT2D eigenvalue weighted by Gasteiger charge is -2.32. The van der Waals surface area contributed by atoms with Gasteiger partial charge in [0.05, 0.1) is 6.61 Å². The van der Waals surface area contributed by atoms with E-state index in [1.54, 1.807) is 6.92 Å². The highest BCUT2D eigenvalue weighted by atomic mass is 32.2. The van der Waals surface area contributed by atoms with Crippen LogP contribution in [0.15, 0.2) is 0 Å². The third-order valence-corrected chi connectivity index (χ3v) is 6.30. The molecule has 0 aromatic carbocycles. The Labute approximate surface area is 96.5 Å². The molecule has 5 heteroatoms. The van der Waals surface area contributed by atoms with Crippen LogP contribution >= 0.6 is 0 Å². The molecule has 2 atom stereocenters. The fourth-order valence-corrected chi connectivity index (χ4v) is 5.01. The molecule has 2 aliphatic rings. The van der Waals surface area contributed by atoms with Gasteiger partial charge in [-0.25, -0.2) is 0 Å². The SMILES string of the molecule is CCOS(=O)(=O)[C@]12CC[C@H](C1)C(C)(C)C2=O. The van der Waals surface area contributed by atoms with Gasteiger partial charge in [-0.3, -0.25) is 8.98 Å². The summed E-state index contributed by atoms with van der Waals surface area (Å²) in [7, 11) is -3.75. The first-order chi connectivity index (χ1) is 7.28. The van der Waals surface area contributed by atoms with Gasteiger partial charge >= 0.3 is 0 Å². The Hall–Kier alpha value is -0.420. The molecule has 0 spiro atoms. The smallest absolute Gasteiger partial charge is 0.280 e. The fourth-order valence-electron chi connectivity index (χ4n) is 3.21. The number of ketones is 1. The summed E-state index contributed by atoms with van der Waals surface area (Å²) in [5.41, 5.74) is -0.511. The first-order valence-corrected chi connectivity index (χ1v) is 7.12. The van der Waals surface area contributed by atoms with Crippen molar-refractivity contribution in [3.8, 4) is 0 Å². The average Bonchev–Trinajstić information content (AvgIpc) is 2.68.